The molecule has 1 aliphatic rings. The van der Waals surface area contributed by atoms with Gasteiger partial charge in [0.1, 0.15) is 6.10 Å². The predicted molar refractivity (Wildman–Crippen MR) is 171 cm³/mol. The quantitative estimate of drug-likeness (QED) is 0.0279. The van der Waals surface area contributed by atoms with Crippen LogP contribution in [-0.4, -0.2) is 179 Å². The van der Waals surface area contributed by atoms with Gasteiger partial charge in [-0.25, -0.2) is 0 Å². The third-order valence-electron chi connectivity index (χ3n) is 4.73. The number of hydrogen-bond acceptors (Lipinski definition) is 14. The van der Waals surface area contributed by atoms with Crippen LogP contribution in [0.1, 0.15) is 0 Å². The average molecular weight is 640 g/mol. The van der Waals surface area contributed by atoms with Crippen LogP contribution in [0.3, 0.4) is 0 Å². The summed E-state index contributed by atoms with van der Waals surface area (Å²) >= 11 is 0. The zero-order chi connectivity index (χ0) is 33.7. The Bertz CT molecular complexity index is 593. The molecule has 1 saturated heterocycles. The highest BCUT2D eigenvalue weighted by Crippen LogP contribution is 2.07. The zero-order valence-electron chi connectivity index (χ0n) is 26.4. The van der Waals surface area contributed by atoms with Crippen LogP contribution in [0.5, 0.6) is 0 Å². The van der Waals surface area contributed by atoms with Gasteiger partial charge in [0, 0.05) is 39.3 Å². The van der Waals surface area contributed by atoms with Crippen LogP contribution < -0.4 is 11.1 Å². The van der Waals surface area contributed by atoms with Crippen LogP contribution in [-0.2, 0) is 23.7 Å². The lowest BCUT2D eigenvalue weighted by atomic mass is 10.3. The molecule has 0 saturated carbocycles. The van der Waals surface area contributed by atoms with Crippen molar-refractivity contribution in [1.82, 2.24) is 10.2 Å². The second kappa shape index (κ2) is 39.4. The van der Waals surface area contributed by atoms with Gasteiger partial charge in [-0.3, -0.25) is 4.90 Å². The first kappa shape index (κ1) is 46.8. The smallest absolute Gasteiger partial charge is 0.104 e. The van der Waals surface area contributed by atoms with E-state index >= 15 is 0 Å². The van der Waals surface area contributed by atoms with Crippen molar-refractivity contribution in [1.29, 1.82) is 0 Å². The van der Waals surface area contributed by atoms with Gasteiger partial charge < -0.3 is 65.4 Å². The van der Waals surface area contributed by atoms with E-state index in [2.05, 4.69) is 31.6 Å². The van der Waals surface area contributed by atoms with Gasteiger partial charge in [-0.2, -0.15) is 0 Å². The van der Waals surface area contributed by atoms with Gasteiger partial charge in [0.25, 0.3) is 0 Å². The molecule has 0 bridgehead atoms. The van der Waals surface area contributed by atoms with Gasteiger partial charge in [0.05, 0.1) is 97.6 Å². The van der Waals surface area contributed by atoms with Crippen LogP contribution in [0, 0.1) is 0 Å². The van der Waals surface area contributed by atoms with Crippen molar-refractivity contribution >= 4 is 0 Å². The number of nitrogens with zero attached hydrogens (tertiary/aromatic N) is 1. The molecule has 1 heterocycles. The minimum atomic E-state index is -0.678. The lowest BCUT2D eigenvalue weighted by molar-refractivity contribution is -0.00604. The molecule has 262 valence electrons. The molecule has 0 radical (unpaired) electrons. The largest absolute Gasteiger partial charge is 0.395 e. The molecule has 44 heavy (non-hydrogen) atoms. The SMILES string of the molecule is C=CCOCC(O)CN(CCO)CC(O)COCC=C.C=CCOCC(O)CNCCO.C=CCOCC1CO1.NCCO. The summed E-state index contributed by atoms with van der Waals surface area (Å²) in [6.45, 7) is 20.6. The molecule has 9 N–H and O–H groups in total. The Morgan fingerprint density at radius 1 is 0.750 bits per heavy atom. The van der Waals surface area contributed by atoms with E-state index in [0.29, 0.717) is 78.4 Å². The van der Waals surface area contributed by atoms with E-state index in [4.69, 9.17) is 44.7 Å². The summed E-state index contributed by atoms with van der Waals surface area (Å²) in [6.07, 6.45) is 5.10. The molecule has 0 amide bonds. The van der Waals surface area contributed by atoms with Crippen molar-refractivity contribution in [2.75, 3.05) is 119 Å². The summed E-state index contributed by atoms with van der Waals surface area (Å²) < 4.78 is 25.3. The van der Waals surface area contributed by atoms with Crippen molar-refractivity contribution in [3.05, 3.63) is 50.6 Å². The van der Waals surface area contributed by atoms with Gasteiger partial charge in [0.2, 0.25) is 0 Å². The highest BCUT2D eigenvalue weighted by molar-refractivity contribution is 4.72. The molecule has 0 aliphatic carbocycles. The fourth-order valence-corrected chi connectivity index (χ4v) is 2.82. The minimum absolute atomic E-state index is 0.0412. The maximum absolute atomic E-state index is 9.79. The first-order valence-corrected chi connectivity index (χ1v) is 14.7. The standard InChI is InChI=1S/C14H27NO5.C8H17NO3.C6H10O2.C2H7NO/c1-3-7-19-11-13(17)9-15(5-6-16)10-14(18)12-20-8-4-2;1-2-5-12-7-8(11)6-9-3-4-10;1-2-3-7-4-6-5-8-6;3-1-2-4/h3-4,13-14,16-18H,1-2,5-12H2;2,8-11H,1,3-7H2;2,6H,1,3-5H2;4H,1-3H2. The number of aliphatic hydroxyl groups is 6. The molecule has 0 spiro atoms. The van der Waals surface area contributed by atoms with Gasteiger partial charge in [0.15, 0.2) is 0 Å². The molecule has 1 aliphatic heterocycles. The number of hydrogen-bond donors (Lipinski definition) is 8. The normalized spacial score (nSPS) is 15.2. The molecule has 0 aromatic heterocycles. The maximum Gasteiger partial charge on any atom is 0.104 e. The minimum Gasteiger partial charge on any atom is -0.395 e. The van der Waals surface area contributed by atoms with Gasteiger partial charge in [-0.05, 0) is 0 Å². The van der Waals surface area contributed by atoms with Crippen LogP contribution in [0.15, 0.2) is 50.6 Å². The van der Waals surface area contributed by atoms with Crippen LogP contribution >= 0.6 is 0 Å². The first-order chi connectivity index (χ1) is 21.3. The molecule has 14 heteroatoms. The third-order valence-corrected chi connectivity index (χ3v) is 4.73. The molecule has 4 unspecified atom stereocenters. The first-order valence-electron chi connectivity index (χ1n) is 14.7. The highest BCUT2D eigenvalue weighted by Gasteiger charge is 2.21. The van der Waals surface area contributed by atoms with Crippen molar-refractivity contribution < 1.29 is 54.3 Å². The molecule has 0 aromatic carbocycles. The average Bonchev–Trinajstić information content (AvgIpc) is 3.83. The van der Waals surface area contributed by atoms with E-state index in [1.165, 1.54) is 0 Å². The van der Waals surface area contributed by atoms with Crippen molar-refractivity contribution in [3.8, 4) is 0 Å². The fourth-order valence-electron chi connectivity index (χ4n) is 2.82. The van der Waals surface area contributed by atoms with E-state index in [-0.39, 0.29) is 33.0 Å². The van der Waals surface area contributed by atoms with Gasteiger partial charge in [-0.1, -0.05) is 24.3 Å². The van der Waals surface area contributed by atoms with Gasteiger partial charge >= 0.3 is 0 Å². The molecular formula is C30H61N3O11. The fraction of sp³-hybridized carbons (Fsp3) is 0.733. The second-order valence-electron chi connectivity index (χ2n) is 9.14. The van der Waals surface area contributed by atoms with E-state index in [0.717, 1.165) is 13.2 Å². The summed E-state index contributed by atoms with van der Waals surface area (Å²) in [6, 6.07) is 0. The Labute approximate surface area is 264 Å². The zero-order valence-corrected chi connectivity index (χ0v) is 26.4. The van der Waals surface area contributed by atoms with Crippen molar-refractivity contribution in [2.24, 2.45) is 5.73 Å². The highest BCUT2D eigenvalue weighted by atomic mass is 16.6. The Morgan fingerprint density at radius 2 is 1.18 bits per heavy atom. The number of nitrogens with one attached hydrogen (secondary N) is 1. The van der Waals surface area contributed by atoms with E-state index < -0.39 is 18.3 Å². The second-order valence-corrected chi connectivity index (χ2v) is 9.14. The molecule has 14 nitrogen and oxygen atoms in total. The molecule has 4 atom stereocenters. The molecule has 1 rings (SSSR count). The number of rotatable bonds is 27. The van der Waals surface area contributed by atoms with Crippen molar-refractivity contribution in [2.45, 2.75) is 24.4 Å². The number of epoxide rings is 1. The molecule has 0 aromatic rings. The summed E-state index contributed by atoms with van der Waals surface area (Å²) in [5.41, 5.74) is 4.78. The summed E-state index contributed by atoms with van der Waals surface area (Å²) in [5, 5.41) is 56.8. The topological polar surface area (TPSA) is 212 Å². The lowest BCUT2D eigenvalue weighted by Crippen LogP contribution is -2.42. The Hall–Kier alpha value is -1.60. The van der Waals surface area contributed by atoms with Crippen molar-refractivity contribution in [3.63, 3.8) is 0 Å². The van der Waals surface area contributed by atoms with Gasteiger partial charge in [-0.15, -0.1) is 26.3 Å². The summed E-state index contributed by atoms with van der Waals surface area (Å²) in [4.78, 5) is 1.77. The Balaban J connectivity index is -0.000000587. The maximum atomic E-state index is 9.79. The van der Waals surface area contributed by atoms with Crippen LogP contribution in [0.25, 0.3) is 0 Å². The summed E-state index contributed by atoms with van der Waals surface area (Å²) in [5.74, 6) is 0. The van der Waals surface area contributed by atoms with Crippen LogP contribution in [0.2, 0.25) is 0 Å². The Morgan fingerprint density at radius 3 is 1.55 bits per heavy atom. The van der Waals surface area contributed by atoms with E-state index in [1.807, 2.05) is 0 Å². The number of ether oxygens (including phenoxy) is 5. The third kappa shape index (κ3) is 42.5. The van der Waals surface area contributed by atoms with E-state index in [9.17, 15) is 15.3 Å². The monoisotopic (exact) mass is 639 g/mol. The summed E-state index contributed by atoms with van der Waals surface area (Å²) in [7, 11) is 0. The number of aliphatic hydroxyl groups excluding tert-OH is 6. The van der Waals surface area contributed by atoms with E-state index in [1.54, 1.807) is 29.2 Å². The number of nitrogens with two attached hydrogens (primary N) is 1. The van der Waals surface area contributed by atoms with Crippen LogP contribution in [0.4, 0.5) is 0 Å². The molecule has 1 fully saturated rings. The molecular weight excluding hydrogens is 578 g/mol. The lowest BCUT2D eigenvalue weighted by Gasteiger charge is -2.26. The Kier molecular flexibility index (Phi) is 41.9. The predicted octanol–water partition coefficient (Wildman–Crippen LogP) is -1.94.